The van der Waals surface area contributed by atoms with E-state index in [0.29, 0.717) is 12.2 Å². The first-order chi connectivity index (χ1) is 16.3. The average molecular weight is 510 g/mol. The maximum absolute atomic E-state index is 12.1. The van der Waals surface area contributed by atoms with Crippen LogP contribution >= 0.6 is 12.4 Å². The van der Waals surface area contributed by atoms with Crippen LogP contribution in [0.3, 0.4) is 0 Å². The Bertz CT molecular complexity index is 624. The molecule has 1 unspecified atom stereocenters. The quantitative estimate of drug-likeness (QED) is 0.102. The van der Waals surface area contributed by atoms with E-state index < -0.39 is 0 Å². The molecule has 0 heterocycles. The summed E-state index contributed by atoms with van der Waals surface area (Å²) in [7, 11) is 0. The number of unbranched alkanes of at least 4 members (excludes halogenated alkanes) is 10. The van der Waals surface area contributed by atoms with Crippen LogP contribution < -0.4 is 10.5 Å². The smallest absolute Gasteiger partial charge is 0.311 e. The summed E-state index contributed by atoms with van der Waals surface area (Å²) < 4.78 is 5.44. The van der Waals surface area contributed by atoms with Crippen molar-refractivity contribution in [2.75, 3.05) is 0 Å². The lowest BCUT2D eigenvalue weighted by atomic mass is 9.87. The fourth-order valence-electron chi connectivity index (χ4n) is 4.69. The van der Waals surface area contributed by atoms with Crippen LogP contribution in [0.2, 0.25) is 0 Å². The molecule has 1 aromatic carbocycles. The standard InChI is InChI=1S/C31H55NO2.ClH/c1-5-6-7-8-9-10-11-12-14-18-28(20-17-26-31(3,4)32)19-15-13-16-21-30(33)34-29-24-22-27(2)23-25-29;/h22-25,28H,5-21,26,32H2,1-4H3;1H. The number of rotatable bonds is 21. The summed E-state index contributed by atoms with van der Waals surface area (Å²) in [6, 6.07) is 7.68. The summed E-state index contributed by atoms with van der Waals surface area (Å²) in [5, 5.41) is 0. The number of esters is 1. The van der Waals surface area contributed by atoms with Crippen LogP contribution in [0.1, 0.15) is 142 Å². The van der Waals surface area contributed by atoms with Crippen molar-refractivity contribution in [1.29, 1.82) is 0 Å². The molecule has 0 radical (unpaired) electrons. The van der Waals surface area contributed by atoms with Gasteiger partial charge in [-0.3, -0.25) is 4.79 Å². The van der Waals surface area contributed by atoms with Gasteiger partial charge in [-0.1, -0.05) is 121 Å². The number of benzene rings is 1. The first-order valence-corrected chi connectivity index (χ1v) is 14.4. The van der Waals surface area contributed by atoms with E-state index in [9.17, 15) is 4.79 Å². The Labute approximate surface area is 223 Å². The van der Waals surface area contributed by atoms with Crippen LogP contribution in [0.4, 0.5) is 0 Å². The molecule has 0 aliphatic carbocycles. The first-order valence-electron chi connectivity index (χ1n) is 14.4. The number of carbonyl (C=O) groups is 1. The molecule has 0 aliphatic rings. The summed E-state index contributed by atoms with van der Waals surface area (Å²) in [5.41, 5.74) is 7.32. The Balaban J connectivity index is 0.0000116. The molecular formula is C31H56ClNO2. The monoisotopic (exact) mass is 509 g/mol. The lowest BCUT2D eigenvalue weighted by Crippen LogP contribution is -2.31. The van der Waals surface area contributed by atoms with Gasteiger partial charge in [-0.15, -0.1) is 12.4 Å². The fourth-order valence-corrected chi connectivity index (χ4v) is 4.69. The molecule has 0 fully saturated rings. The summed E-state index contributed by atoms with van der Waals surface area (Å²) in [6.45, 7) is 8.59. The van der Waals surface area contributed by atoms with Crippen LogP contribution in [0.25, 0.3) is 0 Å². The molecule has 0 amide bonds. The predicted octanol–water partition coefficient (Wildman–Crippen LogP) is 9.72. The maximum Gasteiger partial charge on any atom is 0.311 e. The first kappa shape index (κ1) is 33.9. The highest BCUT2D eigenvalue weighted by atomic mass is 35.5. The molecule has 0 saturated heterocycles. The molecule has 0 bridgehead atoms. The zero-order valence-corrected chi connectivity index (χ0v) is 24.2. The van der Waals surface area contributed by atoms with Crippen LogP contribution in [0, 0.1) is 12.8 Å². The van der Waals surface area contributed by atoms with Crippen molar-refractivity contribution < 1.29 is 9.53 Å². The Morgan fingerprint density at radius 3 is 1.83 bits per heavy atom. The van der Waals surface area contributed by atoms with Crippen molar-refractivity contribution in [3.05, 3.63) is 29.8 Å². The van der Waals surface area contributed by atoms with Crippen molar-refractivity contribution in [3.63, 3.8) is 0 Å². The Morgan fingerprint density at radius 2 is 1.29 bits per heavy atom. The molecule has 0 saturated carbocycles. The van der Waals surface area contributed by atoms with Crippen molar-refractivity contribution in [3.8, 4) is 5.75 Å². The topological polar surface area (TPSA) is 52.3 Å². The number of carbonyl (C=O) groups excluding carboxylic acids is 1. The molecule has 4 heteroatoms. The third kappa shape index (κ3) is 20.8. The minimum absolute atomic E-state index is 0. The van der Waals surface area contributed by atoms with Crippen molar-refractivity contribution in [2.45, 2.75) is 149 Å². The Hall–Kier alpha value is -1.06. The Kier molecular flexibility index (Phi) is 20.4. The SMILES string of the molecule is CCCCCCCCCCCC(CCCCCC(=O)Oc1ccc(C)cc1)CCCC(C)(C)N.Cl. The molecule has 1 atom stereocenters. The molecule has 0 aliphatic heterocycles. The summed E-state index contributed by atoms with van der Waals surface area (Å²) >= 11 is 0. The van der Waals surface area contributed by atoms with Crippen molar-refractivity contribution in [1.82, 2.24) is 0 Å². The summed E-state index contributed by atoms with van der Waals surface area (Å²) in [4.78, 5) is 12.1. The van der Waals surface area contributed by atoms with Gasteiger partial charge >= 0.3 is 5.97 Å². The molecule has 2 N–H and O–H groups in total. The number of aryl methyl sites for hydroxylation is 1. The lowest BCUT2D eigenvalue weighted by Gasteiger charge is -2.21. The highest BCUT2D eigenvalue weighted by molar-refractivity contribution is 5.85. The number of hydrogen-bond acceptors (Lipinski definition) is 3. The third-order valence-electron chi connectivity index (χ3n) is 6.90. The van der Waals surface area contributed by atoms with Gasteiger partial charge in [-0.05, 0) is 51.7 Å². The largest absolute Gasteiger partial charge is 0.427 e. The van der Waals surface area contributed by atoms with Crippen LogP contribution in [-0.4, -0.2) is 11.5 Å². The van der Waals surface area contributed by atoms with Gasteiger partial charge in [-0.25, -0.2) is 0 Å². The van der Waals surface area contributed by atoms with Gasteiger partial charge < -0.3 is 10.5 Å². The minimum atomic E-state index is -0.111. The molecule has 0 aromatic heterocycles. The second-order valence-electron chi connectivity index (χ2n) is 11.3. The highest BCUT2D eigenvalue weighted by Gasteiger charge is 2.14. The zero-order chi connectivity index (χ0) is 25.1. The number of ether oxygens (including phenoxy) is 1. The van der Waals surface area contributed by atoms with Gasteiger partial charge in [0.15, 0.2) is 0 Å². The van der Waals surface area contributed by atoms with Crippen molar-refractivity contribution in [2.24, 2.45) is 11.7 Å². The van der Waals surface area contributed by atoms with E-state index in [1.165, 1.54) is 95.5 Å². The van der Waals surface area contributed by atoms with Crippen molar-refractivity contribution >= 4 is 18.4 Å². The second kappa shape index (κ2) is 21.1. The third-order valence-corrected chi connectivity index (χ3v) is 6.90. The summed E-state index contributed by atoms with van der Waals surface area (Å²) in [5.74, 6) is 1.35. The van der Waals surface area contributed by atoms with E-state index in [1.807, 2.05) is 31.2 Å². The van der Waals surface area contributed by atoms with Gasteiger partial charge in [-0.2, -0.15) is 0 Å². The molecule has 1 aromatic rings. The molecular weight excluding hydrogens is 454 g/mol. The lowest BCUT2D eigenvalue weighted by molar-refractivity contribution is -0.134. The van der Waals surface area contributed by atoms with Gasteiger partial charge in [0, 0.05) is 12.0 Å². The molecule has 35 heavy (non-hydrogen) atoms. The van der Waals surface area contributed by atoms with E-state index >= 15 is 0 Å². The maximum atomic E-state index is 12.1. The van der Waals surface area contributed by atoms with Crippen LogP contribution in [0.5, 0.6) is 5.75 Å². The van der Waals surface area contributed by atoms with Gasteiger partial charge in [0.05, 0.1) is 0 Å². The molecule has 204 valence electrons. The van der Waals surface area contributed by atoms with Crippen LogP contribution in [0.15, 0.2) is 24.3 Å². The number of halogens is 1. The Morgan fingerprint density at radius 1 is 0.800 bits per heavy atom. The normalized spacial score (nSPS) is 12.3. The number of nitrogens with two attached hydrogens (primary N) is 1. The van der Waals surface area contributed by atoms with Gasteiger partial charge in [0.2, 0.25) is 0 Å². The molecule has 1 rings (SSSR count). The summed E-state index contributed by atoms with van der Waals surface area (Å²) in [6.07, 6.45) is 22.6. The highest BCUT2D eigenvalue weighted by Crippen LogP contribution is 2.25. The van der Waals surface area contributed by atoms with E-state index in [-0.39, 0.29) is 23.9 Å². The van der Waals surface area contributed by atoms with E-state index in [1.54, 1.807) is 0 Å². The number of hydrogen-bond donors (Lipinski definition) is 1. The van der Waals surface area contributed by atoms with E-state index in [0.717, 1.165) is 25.2 Å². The van der Waals surface area contributed by atoms with Crippen LogP contribution in [-0.2, 0) is 4.79 Å². The average Bonchev–Trinajstić information content (AvgIpc) is 2.78. The predicted molar refractivity (Wildman–Crippen MR) is 155 cm³/mol. The van der Waals surface area contributed by atoms with Gasteiger partial charge in [0.25, 0.3) is 0 Å². The fraction of sp³-hybridized carbons (Fsp3) is 0.774. The van der Waals surface area contributed by atoms with Gasteiger partial charge in [0.1, 0.15) is 5.75 Å². The van der Waals surface area contributed by atoms with E-state index in [4.69, 9.17) is 10.5 Å². The molecule has 0 spiro atoms. The minimum Gasteiger partial charge on any atom is -0.427 e. The van der Waals surface area contributed by atoms with E-state index in [2.05, 4.69) is 20.8 Å². The molecule has 3 nitrogen and oxygen atoms in total. The zero-order valence-electron chi connectivity index (χ0n) is 23.4. The second-order valence-corrected chi connectivity index (χ2v) is 11.3.